The van der Waals surface area contributed by atoms with Gasteiger partial charge in [0.2, 0.25) is 0 Å². The van der Waals surface area contributed by atoms with Crippen LogP contribution in [0.25, 0.3) is 0 Å². The van der Waals surface area contributed by atoms with Crippen LogP contribution < -0.4 is 11.1 Å². The van der Waals surface area contributed by atoms with Gasteiger partial charge >= 0.3 is 0 Å². The van der Waals surface area contributed by atoms with E-state index in [0.29, 0.717) is 5.95 Å². The van der Waals surface area contributed by atoms with E-state index in [1.165, 1.54) is 4.09 Å². The van der Waals surface area contributed by atoms with Crippen molar-refractivity contribution in [3.05, 3.63) is 60.4 Å². The Hall–Kier alpha value is -2.86. The monoisotopic (exact) mass is 326 g/mol. The van der Waals surface area contributed by atoms with Crippen LogP contribution in [0.5, 0.6) is 0 Å². The fourth-order valence-electron chi connectivity index (χ4n) is 2.02. The maximum atomic E-state index is 5.85. The zero-order valence-corrected chi connectivity index (χ0v) is 13.2. The first-order valence-corrected chi connectivity index (χ1v) is 7.30. The first-order valence-electron chi connectivity index (χ1n) is 6.96. The quantitative estimate of drug-likeness (QED) is 0.526. The molecule has 0 saturated heterocycles. The number of aryl methyl sites for hydroxylation is 1. The molecule has 7 heteroatoms. The van der Waals surface area contributed by atoms with Crippen molar-refractivity contribution in [3.63, 3.8) is 0 Å². The van der Waals surface area contributed by atoms with Crippen molar-refractivity contribution in [2.24, 2.45) is 10.2 Å². The minimum Gasteiger partial charge on any atom is -0.399 e. The van der Waals surface area contributed by atoms with Crippen molar-refractivity contribution in [2.45, 2.75) is 6.92 Å². The Morgan fingerprint density at radius 1 is 1.13 bits per heavy atom. The summed E-state index contributed by atoms with van der Waals surface area (Å²) in [7, 11) is 0. The molecule has 0 aliphatic rings. The summed E-state index contributed by atoms with van der Waals surface area (Å²) in [5.74, 6) is 0.341. The minimum absolute atomic E-state index is 0.341. The Bertz CT molecular complexity index is 838. The Labute approximate surface area is 138 Å². The first kappa shape index (κ1) is 15.1. The molecule has 0 radical (unpaired) electrons. The lowest BCUT2D eigenvalue weighted by Gasteiger charge is -2.10. The molecule has 0 fully saturated rings. The Morgan fingerprint density at radius 3 is 2.57 bits per heavy atom. The average Bonchev–Trinajstić information content (AvgIpc) is 2.95. The molecule has 3 aromatic rings. The van der Waals surface area contributed by atoms with E-state index in [1.807, 2.05) is 49.4 Å². The van der Waals surface area contributed by atoms with E-state index in [0.717, 1.165) is 28.3 Å². The second-order valence-electron chi connectivity index (χ2n) is 4.98. The third kappa shape index (κ3) is 3.67. The number of azo groups is 1. The lowest BCUT2D eigenvalue weighted by Crippen LogP contribution is -1.93. The zero-order chi connectivity index (χ0) is 16.2. The van der Waals surface area contributed by atoms with Gasteiger partial charge in [-0.2, -0.15) is 0 Å². The molecule has 0 spiro atoms. The van der Waals surface area contributed by atoms with Crippen LogP contribution in [0.15, 0.2) is 65.1 Å². The lowest BCUT2D eigenvalue weighted by atomic mass is 10.1. The number of rotatable bonds is 4. The van der Waals surface area contributed by atoms with Gasteiger partial charge in [-0.15, -0.1) is 10.2 Å². The standard InChI is InChI=1S/C16H15ClN6/c1-11-10-14(21-22-16-19-8-9-23(16)17)6-7-15(11)20-13-4-2-12(18)3-5-13/h2-10,20H,18H2,1H3. The van der Waals surface area contributed by atoms with Crippen molar-refractivity contribution in [1.82, 2.24) is 9.07 Å². The van der Waals surface area contributed by atoms with Crippen molar-refractivity contribution < 1.29 is 0 Å². The van der Waals surface area contributed by atoms with E-state index in [9.17, 15) is 0 Å². The molecule has 116 valence electrons. The van der Waals surface area contributed by atoms with Gasteiger partial charge in [0.05, 0.1) is 5.69 Å². The highest BCUT2D eigenvalue weighted by Crippen LogP contribution is 2.26. The minimum atomic E-state index is 0.341. The van der Waals surface area contributed by atoms with Gasteiger partial charge in [0.15, 0.2) is 0 Å². The van der Waals surface area contributed by atoms with E-state index >= 15 is 0 Å². The molecule has 0 aliphatic heterocycles. The van der Waals surface area contributed by atoms with Crippen LogP contribution in [0.3, 0.4) is 0 Å². The van der Waals surface area contributed by atoms with Crippen molar-refractivity contribution >= 4 is 40.5 Å². The normalized spacial score (nSPS) is 11.0. The van der Waals surface area contributed by atoms with Gasteiger partial charge in [0.1, 0.15) is 0 Å². The number of nitrogen functional groups attached to an aromatic ring is 1. The predicted octanol–water partition coefficient (Wildman–Crippen LogP) is 4.93. The molecule has 2 aromatic carbocycles. The summed E-state index contributed by atoms with van der Waals surface area (Å²) >= 11 is 5.85. The Balaban J connectivity index is 1.76. The third-order valence-corrected chi connectivity index (χ3v) is 3.50. The SMILES string of the molecule is Cc1cc(N=Nc2nccn2Cl)ccc1Nc1ccc(N)cc1. The number of halogens is 1. The summed E-state index contributed by atoms with van der Waals surface area (Å²) in [4.78, 5) is 3.98. The fraction of sp³-hybridized carbons (Fsp3) is 0.0625. The Kier molecular flexibility index (Phi) is 4.25. The largest absolute Gasteiger partial charge is 0.399 e. The third-order valence-electron chi connectivity index (χ3n) is 3.23. The van der Waals surface area contributed by atoms with Gasteiger partial charge in [-0.1, -0.05) is 0 Å². The molecule has 6 nitrogen and oxygen atoms in total. The molecule has 23 heavy (non-hydrogen) atoms. The van der Waals surface area contributed by atoms with E-state index in [2.05, 4.69) is 20.5 Å². The highest BCUT2D eigenvalue weighted by atomic mass is 35.5. The van der Waals surface area contributed by atoms with Gasteiger partial charge in [0, 0.05) is 41.2 Å². The van der Waals surface area contributed by atoms with Crippen LogP contribution in [0.4, 0.5) is 28.7 Å². The predicted molar refractivity (Wildman–Crippen MR) is 93.0 cm³/mol. The Morgan fingerprint density at radius 2 is 1.91 bits per heavy atom. The molecule has 0 unspecified atom stereocenters. The first-order chi connectivity index (χ1) is 11.1. The number of benzene rings is 2. The van der Waals surface area contributed by atoms with E-state index < -0.39 is 0 Å². The summed E-state index contributed by atoms with van der Waals surface area (Å²) in [6.45, 7) is 2.00. The molecule has 1 aromatic heterocycles. The molecule has 1 heterocycles. The molecule has 0 amide bonds. The van der Waals surface area contributed by atoms with Gasteiger partial charge in [0.25, 0.3) is 5.95 Å². The molecule has 0 saturated carbocycles. The molecule has 0 atom stereocenters. The van der Waals surface area contributed by atoms with Crippen LogP contribution in [0, 0.1) is 6.92 Å². The van der Waals surface area contributed by atoms with Gasteiger partial charge < -0.3 is 11.1 Å². The molecular formula is C16H15ClN6. The van der Waals surface area contributed by atoms with Crippen molar-refractivity contribution in [1.29, 1.82) is 0 Å². The second kappa shape index (κ2) is 6.50. The van der Waals surface area contributed by atoms with Gasteiger partial charge in [-0.3, -0.25) is 0 Å². The van der Waals surface area contributed by atoms with Crippen molar-refractivity contribution in [2.75, 3.05) is 11.1 Å². The maximum Gasteiger partial charge on any atom is 0.264 e. The highest BCUT2D eigenvalue weighted by molar-refractivity contribution is 6.16. The average molecular weight is 327 g/mol. The zero-order valence-electron chi connectivity index (χ0n) is 12.4. The summed E-state index contributed by atoms with van der Waals surface area (Å²) < 4.78 is 1.29. The molecule has 0 aliphatic carbocycles. The summed E-state index contributed by atoms with van der Waals surface area (Å²) in [6.07, 6.45) is 3.16. The second-order valence-corrected chi connectivity index (χ2v) is 5.35. The summed E-state index contributed by atoms with van der Waals surface area (Å²) in [5, 5.41) is 11.5. The number of hydrogen-bond acceptors (Lipinski definition) is 5. The maximum absolute atomic E-state index is 5.85. The molecule has 3 N–H and O–H groups in total. The lowest BCUT2D eigenvalue weighted by molar-refractivity contribution is 1.08. The van der Waals surface area contributed by atoms with E-state index in [-0.39, 0.29) is 0 Å². The smallest absolute Gasteiger partial charge is 0.264 e. The van der Waals surface area contributed by atoms with E-state index in [1.54, 1.807) is 12.4 Å². The topological polar surface area (TPSA) is 80.6 Å². The van der Waals surface area contributed by atoms with Crippen LogP contribution in [-0.2, 0) is 0 Å². The van der Waals surface area contributed by atoms with E-state index in [4.69, 9.17) is 17.5 Å². The summed E-state index contributed by atoms with van der Waals surface area (Å²) in [6, 6.07) is 13.3. The van der Waals surface area contributed by atoms with Crippen LogP contribution in [0.2, 0.25) is 0 Å². The van der Waals surface area contributed by atoms with Crippen LogP contribution >= 0.6 is 11.8 Å². The molecular weight excluding hydrogens is 312 g/mol. The van der Waals surface area contributed by atoms with Gasteiger partial charge in [-0.05, 0) is 55.0 Å². The number of nitrogens with two attached hydrogens (primary N) is 1. The molecule has 0 bridgehead atoms. The number of hydrogen-bond donors (Lipinski definition) is 2. The van der Waals surface area contributed by atoms with Gasteiger partial charge in [-0.25, -0.2) is 9.07 Å². The number of nitrogens with one attached hydrogen (secondary N) is 1. The highest BCUT2D eigenvalue weighted by Gasteiger charge is 2.02. The number of nitrogens with zero attached hydrogens (tertiary/aromatic N) is 4. The van der Waals surface area contributed by atoms with Crippen molar-refractivity contribution in [3.8, 4) is 0 Å². The van der Waals surface area contributed by atoms with Crippen LogP contribution in [-0.4, -0.2) is 9.07 Å². The van der Waals surface area contributed by atoms with Crippen LogP contribution in [0.1, 0.15) is 5.56 Å². The molecule has 3 rings (SSSR count). The fourth-order valence-corrected chi connectivity index (χ4v) is 2.15. The number of aromatic nitrogens is 2. The summed E-state index contributed by atoms with van der Waals surface area (Å²) in [5.41, 5.74) is 10.2. The number of anilines is 3. The number of imidazole rings is 1.